The van der Waals surface area contributed by atoms with E-state index in [-0.39, 0.29) is 31.0 Å². The van der Waals surface area contributed by atoms with E-state index in [9.17, 15) is 9.59 Å². The minimum Gasteiger partial charge on any atom is -0.469 e. The average molecular weight is 393 g/mol. The minimum atomic E-state index is -0.518. The highest BCUT2D eigenvalue weighted by Crippen LogP contribution is 2.27. The van der Waals surface area contributed by atoms with Gasteiger partial charge in [0, 0.05) is 0 Å². The molecule has 29 heavy (non-hydrogen) atoms. The second-order valence-electron chi connectivity index (χ2n) is 6.56. The van der Waals surface area contributed by atoms with Gasteiger partial charge >= 0.3 is 12.1 Å². The Morgan fingerprint density at radius 1 is 1.07 bits per heavy atom. The Morgan fingerprint density at radius 3 is 2.34 bits per heavy atom. The maximum atomic E-state index is 12.1. The molecule has 0 saturated heterocycles. The Kier molecular flexibility index (Phi) is 8.70. The fourth-order valence-electron chi connectivity index (χ4n) is 2.91. The standard InChI is InChI=1S/C24H27NO4/c1-4-17-29-24(27)25-23(18(2)9-8-12-22(26)28-3)21-15-13-20(14-16-21)19-10-6-5-7-11-19/h4-11,13-16,18,23H,1,12,17H2,2-3H3,(H,25,27)/b9-8+/t18-,23+/m1/s1. The van der Waals surface area contributed by atoms with E-state index in [0.717, 1.165) is 16.7 Å². The number of benzene rings is 2. The summed E-state index contributed by atoms with van der Waals surface area (Å²) in [5.74, 6) is -0.380. The molecule has 2 aromatic carbocycles. The zero-order chi connectivity index (χ0) is 21.1. The lowest BCUT2D eigenvalue weighted by Crippen LogP contribution is -2.32. The summed E-state index contributed by atoms with van der Waals surface area (Å²) in [6.45, 7) is 5.66. The topological polar surface area (TPSA) is 64.6 Å². The number of nitrogens with one attached hydrogen (secondary N) is 1. The third kappa shape index (κ3) is 6.96. The van der Waals surface area contributed by atoms with Gasteiger partial charge in [0.1, 0.15) is 6.61 Å². The first-order valence-electron chi connectivity index (χ1n) is 9.48. The van der Waals surface area contributed by atoms with Crippen molar-refractivity contribution in [3.8, 4) is 11.1 Å². The first kappa shape index (κ1) is 22.0. The maximum absolute atomic E-state index is 12.1. The molecule has 0 fully saturated rings. The third-order valence-corrected chi connectivity index (χ3v) is 4.46. The Labute approximate surface area is 172 Å². The first-order valence-corrected chi connectivity index (χ1v) is 9.48. The number of hydrogen-bond donors (Lipinski definition) is 1. The largest absolute Gasteiger partial charge is 0.469 e. The van der Waals surface area contributed by atoms with Crippen molar-refractivity contribution >= 4 is 12.1 Å². The molecule has 0 unspecified atom stereocenters. The van der Waals surface area contributed by atoms with Crippen LogP contribution in [0.3, 0.4) is 0 Å². The average Bonchev–Trinajstić information content (AvgIpc) is 2.76. The molecule has 0 radical (unpaired) electrons. The molecule has 0 saturated carbocycles. The van der Waals surface area contributed by atoms with E-state index in [1.54, 1.807) is 6.08 Å². The molecule has 0 heterocycles. The summed E-state index contributed by atoms with van der Waals surface area (Å²) in [6.07, 6.45) is 4.82. The van der Waals surface area contributed by atoms with E-state index in [1.807, 2.05) is 55.5 Å². The fourth-order valence-corrected chi connectivity index (χ4v) is 2.91. The second-order valence-corrected chi connectivity index (χ2v) is 6.56. The molecular formula is C24H27NO4. The van der Waals surface area contributed by atoms with Gasteiger partial charge in [-0.25, -0.2) is 4.79 Å². The number of methoxy groups -OCH3 is 1. The van der Waals surface area contributed by atoms with Crippen LogP contribution in [-0.2, 0) is 14.3 Å². The van der Waals surface area contributed by atoms with E-state index in [2.05, 4.69) is 28.8 Å². The molecule has 2 aromatic rings. The van der Waals surface area contributed by atoms with Crippen LogP contribution in [0.15, 0.2) is 79.4 Å². The van der Waals surface area contributed by atoms with Crippen molar-refractivity contribution in [2.75, 3.05) is 13.7 Å². The highest BCUT2D eigenvalue weighted by Gasteiger charge is 2.20. The van der Waals surface area contributed by atoms with Crippen LogP contribution in [0.25, 0.3) is 11.1 Å². The van der Waals surface area contributed by atoms with Crippen LogP contribution in [0.5, 0.6) is 0 Å². The molecule has 0 aliphatic rings. The summed E-state index contributed by atoms with van der Waals surface area (Å²) in [5, 5.41) is 2.90. The highest BCUT2D eigenvalue weighted by atomic mass is 16.5. The van der Waals surface area contributed by atoms with Gasteiger partial charge in [0.2, 0.25) is 0 Å². The summed E-state index contributed by atoms with van der Waals surface area (Å²) in [7, 11) is 1.36. The van der Waals surface area contributed by atoms with Gasteiger partial charge in [-0.15, -0.1) is 0 Å². The van der Waals surface area contributed by atoms with Crippen molar-refractivity contribution in [1.29, 1.82) is 0 Å². The molecule has 1 amide bonds. The fraction of sp³-hybridized carbons (Fsp3) is 0.250. The predicted molar refractivity (Wildman–Crippen MR) is 114 cm³/mol. The predicted octanol–water partition coefficient (Wildman–Crippen LogP) is 5.06. The summed E-state index contributed by atoms with van der Waals surface area (Å²) >= 11 is 0. The molecule has 0 bridgehead atoms. The Hall–Kier alpha value is -3.34. The second kappa shape index (κ2) is 11.5. The summed E-state index contributed by atoms with van der Waals surface area (Å²) in [6, 6.07) is 17.8. The van der Waals surface area contributed by atoms with Gasteiger partial charge in [-0.2, -0.15) is 0 Å². The molecule has 0 spiro atoms. The smallest absolute Gasteiger partial charge is 0.407 e. The SMILES string of the molecule is C=CCOC(=O)N[C@H](c1ccc(-c2ccccc2)cc1)[C@H](C)/C=C/CC(=O)OC. The first-order chi connectivity index (χ1) is 14.0. The number of amides is 1. The molecule has 5 heteroatoms. The maximum Gasteiger partial charge on any atom is 0.407 e. The normalized spacial score (nSPS) is 12.8. The van der Waals surface area contributed by atoms with Gasteiger partial charge in [0.15, 0.2) is 0 Å². The van der Waals surface area contributed by atoms with Crippen LogP contribution >= 0.6 is 0 Å². The van der Waals surface area contributed by atoms with Crippen LogP contribution in [0.1, 0.15) is 24.9 Å². The van der Waals surface area contributed by atoms with E-state index in [1.165, 1.54) is 13.2 Å². The molecule has 2 rings (SSSR count). The molecule has 0 aliphatic carbocycles. The lowest BCUT2D eigenvalue weighted by atomic mass is 9.92. The van der Waals surface area contributed by atoms with Crippen LogP contribution in [0.4, 0.5) is 4.79 Å². The number of alkyl carbamates (subject to hydrolysis) is 1. The van der Waals surface area contributed by atoms with Crippen molar-refractivity contribution in [3.05, 3.63) is 85.0 Å². The van der Waals surface area contributed by atoms with E-state index in [0.29, 0.717) is 0 Å². The molecule has 152 valence electrons. The number of rotatable bonds is 9. The van der Waals surface area contributed by atoms with Gasteiger partial charge in [-0.05, 0) is 22.6 Å². The summed E-state index contributed by atoms with van der Waals surface area (Å²) < 4.78 is 9.73. The van der Waals surface area contributed by atoms with Crippen LogP contribution in [-0.4, -0.2) is 25.8 Å². The van der Waals surface area contributed by atoms with Crippen molar-refractivity contribution in [1.82, 2.24) is 5.32 Å². The molecule has 0 aromatic heterocycles. The third-order valence-electron chi connectivity index (χ3n) is 4.46. The Morgan fingerprint density at radius 2 is 1.72 bits per heavy atom. The van der Waals surface area contributed by atoms with Gasteiger partial charge in [0.05, 0.1) is 19.6 Å². The number of hydrogen-bond acceptors (Lipinski definition) is 4. The van der Waals surface area contributed by atoms with E-state index < -0.39 is 6.09 Å². The van der Waals surface area contributed by atoms with Crippen molar-refractivity contribution in [3.63, 3.8) is 0 Å². The van der Waals surface area contributed by atoms with E-state index >= 15 is 0 Å². The zero-order valence-electron chi connectivity index (χ0n) is 16.8. The van der Waals surface area contributed by atoms with Crippen molar-refractivity contribution in [2.45, 2.75) is 19.4 Å². The number of carbonyl (C=O) groups excluding carboxylic acids is 2. The van der Waals surface area contributed by atoms with Crippen molar-refractivity contribution in [2.24, 2.45) is 5.92 Å². The summed E-state index contributed by atoms with van der Waals surface area (Å²) in [4.78, 5) is 23.5. The zero-order valence-corrected chi connectivity index (χ0v) is 16.8. The lowest BCUT2D eigenvalue weighted by molar-refractivity contribution is -0.139. The van der Waals surface area contributed by atoms with Crippen LogP contribution < -0.4 is 5.32 Å². The molecule has 5 nitrogen and oxygen atoms in total. The number of esters is 1. The van der Waals surface area contributed by atoms with Gasteiger partial charge in [-0.3, -0.25) is 4.79 Å². The molecular weight excluding hydrogens is 366 g/mol. The Bertz CT molecular complexity index is 828. The summed E-state index contributed by atoms with van der Waals surface area (Å²) in [5.41, 5.74) is 3.16. The van der Waals surface area contributed by atoms with Crippen molar-refractivity contribution < 1.29 is 19.1 Å². The monoisotopic (exact) mass is 393 g/mol. The number of ether oxygens (including phenoxy) is 2. The van der Waals surface area contributed by atoms with E-state index in [4.69, 9.17) is 4.74 Å². The molecule has 2 atom stereocenters. The lowest BCUT2D eigenvalue weighted by Gasteiger charge is -2.23. The number of carbonyl (C=O) groups is 2. The molecule has 0 aliphatic heterocycles. The quantitative estimate of drug-likeness (QED) is 0.478. The Balaban J connectivity index is 2.20. The van der Waals surface area contributed by atoms with Gasteiger partial charge in [-0.1, -0.05) is 86.3 Å². The highest BCUT2D eigenvalue weighted by molar-refractivity contribution is 5.71. The van der Waals surface area contributed by atoms with Crippen LogP contribution in [0.2, 0.25) is 0 Å². The minimum absolute atomic E-state index is 0.0708. The van der Waals surface area contributed by atoms with Gasteiger partial charge < -0.3 is 14.8 Å². The van der Waals surface area contributed by atoms with Gasteiger partial charge in [0.25, 0.3) is 0 Å². The molecule has 1 N–H and O–H groups in total. The van der Waals surface area contributed by atoms with Crippen LogP contribution in [0, 0.1) is 5.92 Å².